The van der Waals surface area contributed by atoms with E-state index < -0.39 is 0 Å². The third-order valence-electron chi connectivity index (χ3n) is 3.80. The molecule has 1 amide bonds. The summed E-state index contributed by atoms with van der Waals surface area (Å²) in [6.07, 6.45) is 1.58. The quantitative estimate of drug-likeness (QED) is 0.924. The van der Waals surface area contributed by atoms with Crippen molar-refractivity contribution in [2.45, 2.75) is 0 Å². The van der Waals surface area contributed by atoms with Gasteiger partial charge in [0.2, 0.25) is 0 Å². The van der Waals surface area contributed by atoms with Gasteiger partial charge in [0.15, 0.2) is 0 Å². The van der Waals surface area contributed by atoms with Crippen molar-refractivity contribution >= 4 is 17.5 Å². The summed E-state index contributed by atoms with van der Waals surface area (Å²) >= 11 is 6.22. The SMILES string of the molecule is CN1CCN(C(=O)c2cn[nH]c2-c2ccccc2Cl)CC1. The number of aromatic amines is 1. The third kappa shape index (κ3) is 2.80. The first kappa shape index (κ1) is 14.1. The van der Waals surface area contributed by atoms with Crippen molar-refractivity contribution in [2.24, 2.45) is 0 Å². The molecule has 6 heteroatoms. The lowest BCUT2D eigenvalue weighted by Crippen LogP contribution is -2.47. The fourth-order valence-corrected chi connectivity index (χ4v) is 2.73. The summed E-state index contributed by atoms with van der Waals surface area (Å²) in [5.41, 5.74) is 2.06. The Morgan fingerprint density at radius 1 is 1.24 bits per heavy atom. The number of nitrogens with zero attached hydrogens (tertiary/aromatic N) is 3. The first-order valence-electron chi connectivity index (χ1n) is 6.93. The number of carbonyl (C=O) groups excluding carboxylic acids is 1. The van der Waals surface area contributed by atoms with Crippen molar-refractivity contribution in [1.82, 2.24) is 20.0 Å². The Labute approximate surface area is 128 Å². The zero-order valence-corrected chi connectivity index (χ0v) is 12.6. The van der Waals surface area contributed by atoms with Crippen LogP contribution < -0.4 is 0 Å². The first-order chi connectivity index (χ1) is 10.2. The maximum absolute atomic E-state index is 12.7. The molecule has 0 unspecified atom stereocenters. The van der Waals surface area contributed by atoms with E-state index in [1.165, 1.54) is 0 Å². The van der Waals surface area contributed by atoms with Crippen LogP contribution in [0, 0.1) is 0 Å². The second-order valence-corrected chi connectivity index (χ2v) is 5.64. The van der Waals surface area contributed by atoms with Crippen molar-refractivity contribution in [3.05, 3.63) is 41.0 Å². The smallest absolute Gasteiger partial charge is 0.257 e. The molecule has 2 heterocycles. The van der Waals surface area contributed by atoms with Crippen LogP contribution in [0.3, 0.4) is 0 Å². The van der Waals surface area contributed by atoms with Crippen molar-refractivity contribution in [3.8, 4) is 11.3 Å². The monoisotopic (exact) mass is 304 g/mol. The summed E-state index contributed by atoms with van der Waals surface area (Å²) in [5, 5.41) is 7.53. The summed E-state index contributed by atoms with van der Waals surface area (Å²) in [6, 6.07) is 7.45. The van der Waals surface area contributed by atoms with Gasteiger partial charge in [-0.3, -0.25) is 9.89 Å². The molecule has 0 aliphatic carbocycles. The van der Waals surface area contributed by atoms with Crippen LogP contribution in [0.25, 0.3) is 11.3 Å². The number of hydrogen-bond acceptors (Lipinski definition) is 3. The van der Waals surface area contributed by atoms with Gasteiger partial charge in [0, 0.05) is 36.8 Å². The van der Waals surface area contributed by atoms with Crippen molar-refractivity contribution < 1.29 is 4.79 Å². The molecule has 0 spiro atoms. The number of carbonyl (C=O) groups is 1. The van der Waals surface area contributed by atoms with Crippen LogP contribution in [-0.2, 0) is 0 Å². The Morgan fingerprint density at radius 2 is 1.95 bits per heavy atom. The van der Waals surface area contributed by atoms with Crippen LogP contribution in [0.4, 0.5) is 0 Å². The van der Waals surface area contributed by atoms with E-state index in [1.54, 1.807) is 6.20 Å². The molecular weight excluding hydrogens is 288 g/mol. The molecule has 1 N–H and O–H groups in total. The second kappa shape index (κ2) is 5.87. The number of likely N-dealkylation sites (N-methyl/N-ethyl adjacent to an activating group) is 1. The molecule has 1 fully saturated rings. The molecule has 3 rings (SSSR count). The molecule has 0 saturated carbocycles. The van der Waals surface area contributed by atoms with Gasteiger partial charge >= 0.3 is 0 Å². The van der Waals surface area contributed by atoms with Crippen molar-refractivity contribution in [1.29, 1.82) is 0 Å². The summed E-state index contributed by atoms with van der Waals surface area (Å²) < 4.78 is 0. The highest BCUT2D eigenvalue weighted by atomic mass is 35.5. The minimum absolute atomic E-state index is 0.00627. The van der Waals surface area contributed by atoms with Crippen molar-refractivity contribution in [3.63, 3.8) is 0 Å². The number of H-pyrrole nitrogens is 1. The third-order valence-corrected chi connectivity index (χ3v) is 4.13. The van der Waals surface area contributed by atoms with Crippen LogP contribution in [-0.4, -0.2) is 59.1 Å². The van der Waals surface area contributed by atoms with Gasteiger partial charge in [0.25, 0.3) is 5.91 Å². The average Bonchev–Trinajstić information content (AvgIpc) is 2.97. The predicted molar refractivity (Wildman–Crippen MR) is 82.4 cm³/mol. The summed E-state index contributed by atoms with van der Waals surface area (Å²) in [6.45, 7) is 3.26. The molecule has 1 aromatic heterocycles. The molecule has 1 aromatic carbocycles. The zero-order chi connectivity index (χ0) is 14.8. The minimum Gasteiger partial charge on any atom is -0.336 e. The highest BCUT2D eigenvalue weighted by molar-refractivity contribution is 6.33. The molecule has 1 aliphatic heterocycles. The summed E-state index contributed by atoms with van der Waals surface area (Å²) in [4.78, 5) is 16.8. The van der Waals surface area contributed by atoms with Crippen LogP contribution >= 0.6 is 11.6 Å². The number of halogens is 1. The number of rotatable bonds is 2. The normalized spacial score (nSPS) is 16.2. The predicted octanol–water partition coefficient (Wildman–Crippen LogP) is 2.12. The van der Waals surface area contributed by atoms with E-state index in [2.05, 4.69) is 22.1 Å². The number of hydrogen-bond donors (Lipinski definition) is 1. The average molecular weight is 305 g/mol. The number of piperazine rings is 1. The lowest BCUT2D eigenvalue weighted by molar-refractivity contribution is 0.0665. The molecule has 0 atom stereocenters. The van der Waals surface area contributed by atoms with Gasteiger partial charge in [-0.25, -0.2) is 0 Å². The largest absolute Gasteiger partial charge is 0.336 e. The molecule has 1 saturated heterocycles. The molecule has 21 heavy (non-hydrogen) atoms. The minimum atomic E-state index is 0.00627. The molecule has 0 bridgehead atoms. The second-order valence-electron chi connectivity index (χ2n) is 5.23. The van der Waals surface area contributed by atoms with Crippen LogP contribution in [0.15, 0.2) is 30.5 Å². The molecular formula is C15H17ClN4O. The Hall–Kier alpha value is -1.85. The number of benzene rings is 1. The molecule has 1 aliphatic rings. The van der Waals surface area contributed by atoms with Gasteiger partial charge in [-0.15, -0.1) is 0 Å². The van der Waals surface area contributed by atoms with Crippen LogP contribution in [0.5, 0.6) is 0 Å². The number of aromatic nitrogens is 2. The fourth-order valence-electron chi connectivity index (χ4n) is 2.50. The molecule has 0 radical (unpaired) electrons. The topological polar surface area (TPSA) is 52.2 Å². The van der Waals surface area contributed by atoms with Crippen LogP contribution in [0.1, 0.15) is 10.4 Å². The maximum Gasteiger partial charge on any atom is 0.257 e. The van der Waals surface area contributed by atoms with E-state index in [-0.39, 0.29) is 5.91 Å². The first-order valence-corrected chi connectivity index (χ1v) is 7.30. The number of nitrogens with one attached hydrogen (secondary N) is 1. The van der Waals surface area contributed by atoms with E-state index in [1.807, 2.05) is 29.2 Å². The Balaban J connectivity index is 1.89. The van der Waals surface area contributed by atoms with E-state index in [0.29, 0.717) is 16.3 Å². The maximum atomic E-state index is 12.7. The fraction of sp³-hybridized carbons (Fsp3) is 0.333. The zero-order valence-electron chi connectivity index (χ0n) is 11.8. The van der Waals surface area contributed by atoms with E-state index in [9.17, 15) is 4.79 Å². The highest BCUT2D eigenvalue weighted by Crippen LogP contribution is 2.29. The van der Waals surface area contributed by atoms with Crippen molar-refractivity contribution in [2.75, 3.05) is 33.2 Å². The van der Waals surface area contributed by atoms with E-state index in [4.69, 9.17) is 11.6 Å². The molecule has 2 aromatic rings. The molecule has 110 valence electrons. The van der Waals surface area contributed by atoms with Gasteiger partial charge in [-0.2, -0.15) is 5.10 Å². The van der Waals surface area contributed by atoms with Gasteiger partial charge in [0.05, 0.1) is 17.5 Å². The standard InChI is InChI=1S/C15H17ClN4O/c1-19-6-8-20(9-7-19)15(21)12-10-17-18-14(12)11-4-2-3-5-13(11)16/h2-5,10H,6-9H2,1H3,(H,17,18). The van der Waals surface area contributed by atoms with Gasteiger partial charge in [0.1, 0.15) is 0 Å². The summed E-state index contributed by atoms with van der Waals surface area (Å²) in [7, 11) is 2.06. The lowest BCUT2D eigenvalue weighted by Gasteiger charge is -2.32. The van der Waals surface area contributed by atoms with Gasteiger partial charge < -0.3 is 9.80 Å². The van der Waals surface area contributed by atoms with Crippen LogP contribution in [0.2, 0.25) is 5.02 Å². The van der Waals surface area contributed by atoms with Gasteiger partial charge in [-0.1, -0.05) is 29.8 Å². The van der Waals surface area contributed by atoms with E-state index >= 15 is 0 Å². The Morgan fingerprint density at radius 3 is 2.67 bits per heavy atom. The molecule has 5 nitrogen and oxygen atoms in total. The highest BCUT2D eigenvalue weighted by Gasteiger charge is 2.24. The van der Waals surface area contributed by atoms with Gasteiger partial charge in [-0.05, 0) is 13.1 Å². The van der Waals surface area contributed by atoms with E-state index in [0.717, 1.165) is 31.7 Å². The Bertz CT molecular complexity index is 647. The lowest BCUT2D eigenvalue weighted by atomic mass is 10.1. The Kier molecular flexibility index (Phi) is 3.94. The summed E-state index contributed by atoms with van der Waals surface area (Å²) in [5.74, 6) is 0.00627. The number of amides is 1.